The van der Waals surface area contributed by atoms with Gasteiger partial charge in [-0.1, -0.05) is 66.7 Å². The van der Waals surface area contributed by atoms with Crippen LogP contribution in [0.5, 0.6) is 0 Å². The van der Waals surface area contributed by atoms with Crippen LogP contribution >= 0.6 is 0 Å². The Hall–Kier alpha value is -6.31. The smallest absolute Gasteiger partial charge is 0.307 e. The molecule has 0 atom stereocenters. The van der Waals surface area contributed by atoms with Crippen molar-refractivity contribution in [2.75, 3.05) is 0 Å². The fourth-order valence-electron chi connectivity index (χ4n) is 7.84. The van der Waals surface area contributed by atoms with Crippen LogP contribution in [0, 0.1) is 45.6 Å². The van der Waals surface area contributed by atoms with Crippen LogP contribution in [0.3, 0.4) is 0 Å². The molecule has 0 aliphatic rings. The molecule has 242 valence electrons. The number of nitrogens with zero attached hydrogens (tertiary/aromatic N) is 4. The number of aromatic nitrogens is 2. The molecule has 8 rings (SSSR count). The van der Waals surface area contributed by atoms with Crippen molar-refractivity contribution in [2.24, 2.45) is 0 Å². The first-order valence-corrected chi connectivity index (χ1v) is 16.2. The van der Waals surface area contributed by atoms with E-state index in [1.165, 1.54) is 18.2 Å². The zero-order valence-corrected chi connectivity index (χ0v) is 27.7. The van der Waals surface area contributed by atoms with E-state index in [-0.39, 0.29) is 22.4 Å². The maximum Gasteiger partial charge on any atom is 0.415 e. The molecule has 0 amide bonds. The summed E-state index contributed by atoms with van der Waals surface area (Å²) in [4.78, 5) is 3.52. The highest BCUT2D eigenvalue weighted by Gasteiger charge is 2.35. The Bertz CT molecular complexity index is 2700. The summed E-state index contributed by atoms with van der Waals surface area (Å²) in [5.74, 6) is 0. The standard InChI is InChI=1S/C43H29F3N4/c1-24-11-6-17-32-37(24)38-25(2)12-7-18-33(38)49(32)36-22-28(41-30(43(44,45)46)15-10-16-31(41)48-5)21-29(23-47)42(36)50-34-19-8-13-26(3)39(34)40-27(4)14-9-20-35(40)50/h6-22H,1-4H3. The zero-order chi connectivity index (χ0) is 35.1. The van der Waals surface area contributed by atoms with E-state index >= 15 is 0 Å². The van der Waals surface area contributed by atoms with Gasteiger partial charge >= 0.3 is 6.18 Å². The van der Waals surface area contributed by atoms with E-state index in [0.717, 1.165) is 71.9 Å². The van der Waals surface area contributed by atoms with Crippen LogP contribution < -0.4 is 0 Å². The van der Waals surface area contributed by atoms with Gasteiger partial charge in [0, 0.05) is 21.5 Å². The summed E-state index contributed by atoms with van der Waals surface area (Å²) in [6.07, 6.45) is -4.73. The van der Waals surface area contributed by atoms with Crippen molar-refractivity contribution < 1.29 is 13.2 Å². The first-order valence-electron chi connectivity index (χ1n) is 16.2. The van der Waals surface area contributed by atoms with Gasteiger partial charge in [0.05, 0.1) is 51.1 Å². The Morgan fingerprint density at radius 2 is 1.06 bits per heavy atom. The molecule has 50 heavy (non-hydrogen) atoms. The normalized spacial score (nSPS) is 11.9. The fraction of sp³-hybridized carbons (Fsp3) is 0.116. The quantitative estimate of drug-likeness (QED) is 0.174. The van der Waals surface area contributed by atoms with Crippen molar-refractivity contribution in [2.45, 2.75) is 33.9 Å². The molecule has 2 aromatic heterocycles. The molecule has 4 nitrogen and oxygen atoms in total. The highest BCUT2D eigenvalue weighted by molar-refractivity contribution is 6.15. The van der Waals surface area contributed by atoms with Gasteiger partial charge in [0.25, 0.3) is 0 Å². The lowest BCUT2D eigenvalue weighted by Crippen LogP contribution is -2.09. The summed E-state index contributed by atoms with van der Waals surface area (Å²) >= 11 is 0. The lowest BCUT2D eigenvalue weighted by Gasteiger charge is -2.21. The molecule has 8 aromatic rings. The second-order valence-electron chi connectivity index (χ2n) is 12.9. The highest BCUT2D eigenvalue weighted by Crippen LogP contribution is 2.47. The van der Waals surface area contributed by atoms with Gasteiger partial charge in [0.15, 0.2) is 5.69 Å². The Balaban J connectivity index is 1.65. The van der Waals surface area contributed by atoms with Gasteiger partial charge in [0.1, 0.15) is 6.07 Å². The largest absolute Gasteiger partial charge is 0.415 e. The third kappa shape index (κ3) is 4.37. The first-order chi connectivity index (χ1) is 24.0. The lowest BCUT2D eigenvalue weighted by molar-refractivity contribution is -0.137. The first kappa shape index (κ1) is 31.0. The van der Waals surface area contributed by atoms with Gasteiger partial charge in [-0.3, -0.25) is 0 Å². The number of benzene rings is 6. The predicted molar refractivity (Wildman–Crippen MR) is 195 cm³/mol. The number of aryl methyl sites for hydroxylation is 4. The summed E-state index contributed by atoms with van der Waals surface area (Å²) in [5.41, 5.74) is 7.82. The van der Waals surface area contributed by atoms with E-state index in [2.05, 4.69) is 72.0 Å². The number of rotatable bonds is 3. The molecular formula is C43H29F3N4. The maximum atomic E-state index is 14.7. The minimum atomic E-state index is -4.73. The molecule has 0 radical (unpaired) electrons. The van der Waals surface area contributed by atoms with Crippen LogP contribution in [0.2, 0.25) is 0 Å². The van der Waals surface area contributed by atoms with E-state index in [4.69, 9.17) is 6.57 Å². The Morgan fingerprint density at radius 3 is 1.48 bits per heavy atom. The predicted octanol–water partition coefficient (Wildman–Crippen LogP) is 12.2. The van der Waals surface area contributed by atoms with E-state index < -0.39 is 11.7 Å². The third-order valence-electron chi connectivity index (χ3n) is 9.90. The second-order valence-corrected chi connectivity index (χ2v) is 12.9. The van der Waals surface area contributed by atoms with Crippen LogP contribution in [-0.4, -0.2) is 9.13 Å². The van der Waals surface area contributed by atoms with Crippen LogP contribution in [-0.2, 0) is 6.18 Å². The molecule has 0 saturated carbocycles. The minimum Gasteiger partial charge on any atom is -0.307 e. The number of nitriles is 1. The van der Waals surface area contributed by atoms with Crippen molar-refractivity contribution in [3.05, 3.63) is 148 Å². The van der Waals surface area contributed by atoms with Gasteiger partial charge in [0.2, 0.25) is 0 Å². The van der Waals surface area contributed by atoms with E-state index in [1.807, 2.05) is 48.5 Å². The third-order valence-corrected chi connectivity index (χ3v) is 9.90. The van der Waals surface area contributed by atoms with Gasteiger partial charge < -0.3 is 9.13 Å². The van der Waals surface area contributed by atoms with Gasteiger partial charge in [-0.15, -0.1) is 0 Å². The number of fused-ring (bicyclic) bond motifs is 6. The molecule has 7 heteroatoms. The van der Waals surface area contributed by atoms with Crippen molar-refractivity contribution in [3.8, 4) is 28.6 Å². The summed E-state index contributed by atoms with van der Waals surface area (Å²) < 4.78 is 48.1. The molecule has 0 bridgehead atoms. The average Bonchev–Trinajstić information content (AvgIpc) is 3.62. The van der Waals surface area contributed by atoms with Gasteiger partial charge in [-0.2, -0.15) is 18.4 Å². The summed E-state index contributed by atoms with van der Waals surface area (Å²) in [6.45, 7) is 16.1. The monoisotopic (exact) mass is 658 g/mol. The molecule has 0 aliphatic carbocycles. The summed E-state index contributed by atoms with van der Waals surface area (Å²) in [7, 11) is 0. The number of hydrogen-bond donors (Lipinski definition) is 0. The molecule has 0 fully saturated rings. The molecule has 0 spiro atoms. The number of hydrogen-bond acceptors (Lipinski definition) is 1. The molecule has 0 aliphatic heterocycles. The molecule has 0 saturated heterocycles. The van der Waals surface area contributed by atoms with E-state index in [1.54, 1.807) is 6.07 Å². The van der Waals surface area contributed by atoms with Gasteiger partial charge in [-0.25, -0.2) is 4.85 Å². The Kier molecular flexibility index (Phi) is 6.89. The second kappa shape index (κ2) is 11.1. The minimum absolute atomic E-state index is 0.139. The summed E-state index contributed by atoms with van der Waals surface area (Å²) in [5, 5.41) is 15.1. The molecule has 0 unspecified atom stereocenters. The van der Waals surface area contributed by atoms with Crippen molar-refractivity contribution in [3.63, 3.8) is 0 Å². The maximum absolute atomic E-state index is 14.7. The average molecular weight is 659 g/mol. The van der Waals surface area contributed by atoms with Crippen LogP contribution in [0.25, 0.3) is 71.0 Å². The number of halogens is 3. The van der Waals surface area contributed by atoms with Crippen molar-refractivity contribution >= 4 is 49.3 Å². The van der Waals surface area contributed by atoms with E-state index in [9.17, 15) is 18.4 Å². The summed E-state index contributed by atoms with van der Waals surface area (Å²) in [6, 6.07) is 33.5. The zero-order valence-electron chi connectivity index (χ0n) is 27.7. The fourth-order valence-corrected chi connectivity index (χ4v) is 7.84. The van der Waals surface area contributed by atoms with Crippen LogP contribution in [0.15, 0.2) is 103 Å². The van der Waals surface area contributed by atoms with Gasteiger partial charge in [-0.05, 0) is 97.5 Å². The van der Waals surface area contributed by atoms with Crippen molar-refractivity contribution in [1.82, 2.24) is 9.13 Å². The van der Waals surface area contributed by atoms with Crippen LogP contribution in [0.1, 0.15) is 33.4 Å². The van der Waals surface area contributed by atoms with Crippen molar-refractivity contribution in [1.29, 1.82) is 5.26 Å². The SMILES string of the molecule is [C-]#[N+]c1cccc(C(F)(F)F)c1-c1cc(C#N)c(-n2c3cccc(C)c3c3c(C)cccc32)c(-n2c3cccc(C)c3c3c(C)cccc32)c1. The number of alkyl halides is 3. The topological polar surface area (TPSA) is 38.0 Å². The highest BCUT2D eigenvalue weighted by atomic mass is 19.4. The molecule has 6 aromatic carbocycles. The lowest BCUT2D eigenvalue weighted by atomic mass is 9.94. The molecule has 2 heterocycles. The Morgan fingerprint density at radius 1 is 0.620 bits per heavy atom. The molecule has 0 N–H and O–H groups in total. The van der Waals surface area contributed by atoms with E-state index in [0.29, 0.717) is 11.4 Å². The Labute approximate surface area is 286 Å². The van der Waals surface area contributed by atoms with Crippen LogP contribution in [0.4, 0.5) is 18.9 Å². The molecular weight excluding hydrogens is 629 g/mol.